The fourth-order valence-corrected chi connectivity index (χ4v) is 1.34. The van der Waals surface area contributed by atoms with Gasteiger partial charge in [0.1, 0.15) is 4.99 Å². The maximum atomic E-state index is 5.61. The van der Waals surface area contributed by atoms with Crippen LogP contribution in [-0.4, -0.2) is 11.5 Å². The molecule has 3 heteroatoms. The zero-order valence-corrected chi connectivity index (χ0v) is 9.40. The Morgan fingerprint density at radius 2 is 2.07 bits per heavy atom. The third-order valence-electron chi connectivity index (χ3n) is 1.89. The van der Waals surface area contributed by atoms with Crippen molar-refractivity contribution in [3.05, 3.63) is 29.8 Å². The minimum Gasteiger partial charge on any atom is -0.389 e. The fraction of sp³-hybridized carbons (Fsp3) is 0.364. The molecule has 1 aromatic carbocycles. The minimum absolute atomic E-state index is 0.442. The summed E-state index contributed by atoms with van der Waals surface area (Å²) in [6, 6.07) is 7.85. The average molecular weight is 208 g/mol. The zero-order valence-electron chi connectivity index (χ0n) is 8.58. The molecule has 0 aliphatic carbocycles. The van der Waals surface area contributed by atoms with Crippen molar-refractivity contribution in [3.63, 3.8) is 0 Å². The van der Waals surface area contributed by atoms with Crippen LogP contribution in [0.4, 0.5) is 5.69 Å². The Kier molecular flexibility index (Phi) is 3.89. The van der Waals surface area contributed by atoms with E-state index in [-0.39, 0.29) is 0 Å². The first-order chi connectivity index (χ1) is 6.61. The molecule has 0 bridgehead atoms. The second kappa shape index (κ2) is 4.96. The molecule has 76 valence electrons. The molecule has 0 amide bonds. The van der Waals surface area contributed by atoms with Gasteiger partial charge < -0.3 is 11.1 Å². The number of hydrogen-bond donors (Lipinski definition) is 2. The monoisotopic (exact) mass is 208 g/mol. The normalized spacial score (nSPS) is 10.2. The number of para-hydroxylation sites is 1. The van der Waals surface area contributed by atoms with Crippen LogP contribution in [0.2, 0.25) is 0 Å². The highest BCUT2D eigenvalue weighted by Crippen LogP contribution is 2.14. The van der Waals surface area contributed by atoms with Crippen molar-refractivity contribution in [1.29, 1.82) is 0 Å². The maximum absolute atomic E-state index is 5.61. The van der Waals surface area contributed by atoms with Gasteiger partial charge in [-0.25, -0.2) is 0 Å². The number of nitrogens with two attached hydrogens (primary N) is 1. The van der Waals surface area contributed by atoms with Gasteiger partial charge in [0.2, 0.25) is 0 Å². The van der Waals surface area contributed by atoms with E-state index in [1.54, 1.807) is 0 Å². The van der Waals surface area contributed by atoms with Crippen LogP contribution in [0.15, 0.2) is 24.3 Å². The van der Waals surface area contributed by atoms with Gasteiger partial charge in [-0.2, -0.15) is 0 Å². The lowest BCUT2D eigenvalue weighted by Gasteiger charge is -2.12. The van der Waals surface area contributed by atoms with E-state index in [1.807, 2.05) is 24.3 Å². The highest BCUT2D eigenvalue weighted by atomic mass is 32.1. The van der Waals surface area contributed by atoms with Crippen molar-refractivity contribution in [1.82, 2.24) is 0 Å². The van der Waals surface area contributed by atoms with E-state index in [9.17, 15) is 0 Å². The summed E-state index contributed by atoms with van der Waals surface area (Å²) in [5, 5.41) is 3.33. The summed E-state index contributed by atoms with van der Waals surface area (Å²) in [4.78, 5) is 0.442. The molecule has 0 unspecified atom stereocenters. The predicted octanol–water partition coefficient (Wildman–Crippen LogP) is 2.39. The topological polar surface area (TPSA) is 38.0 Å². The second-order valence-electron chi connectivity index (χ2n) is 3.68. The van der Waals surface area contributed by atoms with E-state index in [0.29, 0.717) is 10.9 Å². The quantitative estimate of drug-likeness (QED) is 0.746. The molecular weight excluding hydrogens is 192 g/mol. The summed E-state index contributed by atoms with van der Waals surface area (Å²) in [6.07, 6.45) is 0. The molecule has 0 radical (unpaired) electrons. The van der Waals surface area contributed by atoms with Gasteiger partial charge in [-0.05, 0) is 18.1 Å². The molecular formula is C11H16N2S. The predicted molar refractivity (Wildman–Crippen MR) is 65.7 cm³/mol. The van der Waals surface area contributed by atoms with E-state index >= 15 is 0 Å². The molecule has 0 spiro atoms. The first kappa shape index (κ1) is 11.0. The Bertz CT molecular complexity index is 321. The molecule has 3 N–H and O–H groups in total. The number of hydrogen-bond acceptors (Lipinski definition) is 2. The number of thiocarbonyl (C=S) groups is 1. The summed E-state index contributed by atoms with van der Waals surface area (Å²) in [7, 11) is 0. The van der Waals surface area contributed by atoms with Gasteiger partial charge in [0, 0.05) is 17.8 Å². The molecule has 0 aliphatic heterocycles. The van der Waals surface area contributed by atoms with E-state index < -0.39 is 0 Å². The van der Waals surface area contributed by atoms with Gasteiger partial charge in [0.25, 0.3) is 0 Å². The van der Waals surface area contributed by atoms with Crippen LogP contribution in [0, 0.1) is 5.92 Å². The summed E-state index contributed by atoms with van der Waals surface area (Å²) >= 11 is 4.97. The Morgan fingerprint density at radius 1 is 1.43 bits per heavy atom. The molecule has 0 saturated carbocycles. The number of rotatable bonds is 4. The van der Waals surface area contributed by atoms with Gasteiger partial charge >= 0.3 is 0 Å². The van der Waals surface area contributed by atoms with Crippen LogP contribution in [0.1, 0.15) is 19.4 Å². The van der Waals surface area contributed by atoms with Gasteiger partial charge in [0.15, 0.2) is 0 Å². The van der Waals surface area contributed by atoms with E-state index in [0.717, 1.165) is 17.8 Å². The fourth-order valence-electron chi connectivity index (χ4n) is 1.17. The molecule has 0 saturated heterocycles. The van der Waals surface area contributed by atoms with E-state index in [4.69, 9.17) is 18.0 Å². The van der Waals surface area contributed by atoms with Gasteiger partial charge in [-0.3, -0.25) is 0 Å². The summed E-state index contributed by atoms with van der Waals surface area (Å²) in [6.45, 7) is 5.26. The Labute approximate surface area is 90.5 Å². The van der Waals surface area contributed by atoms with Crippen LogP contribution >= 0.6 is 12.2 Å². The molecule has 0 atom stereocenters. The molecule has 0 aromatic heterocycles. The standard InChI is InChI=1S/C11H16N2S/c1-8(2)7-13-10-6-4-3-5-9(10)11(12)14/h3-6,8,13H,7H2,1-2H3,(H2,12,14). The smallest absolute Gasteiger partial charge is 0.106 e. The van der Waals surface area contributed by atoms with Crippen molar-refractivity contribution >= 4 is 22.9 Å². The molecule has 2 nitrogen and oxygen atoms in total. The lowest BCUT2D eigenvalue weighted by atomic mass is 10.1. The highest BCUT2D eigenvalue weighted by molar-refractivity contribution is 7.80. The molecule has 0 fully saturated rings. The van der Waals surface area contributed by atoms with Gasteiger partial charge in [-0.15, -0.1) is 0 Å². The SMILES string of the molecule is CC(C)CNc1ccccc1C(N)=S. The van der Waals surface area contributed by atoms with Crippen LogP contribution in [0.5, 0.6) is 0 Å². The Morgan fingerprint density at radius 3 is 2.64 bits per heavy atom. The molecule has 1 aromatic rings. The molecule has 0 heterocycles. The van der Waals surface area contributed by atoms with Crippen molar-refractivity contribution in [2.45, 2.75) is 13.8 Å². The number of nitrogens with one attached hydrogen (secondary N) is 1. The van der Waals surface area contributed by atoms with Gasteiger partial charge in [0.05, 0.1) is 0 Å². The van der Waals surface area contributed by atoms with Crippen LogP contribution < -0.4 is 11.1 Å². The summed E-state index contributed by atoms with van der Waals surface area (Å²) < 4.78 is 0. The summed E-state index contributed by atoms with van der Waals surface area (Å²) in [5.41, 5.74) is 7.55. The van der Waals surface area contributed by atoms with Crippen molar-refractivity contribution < 1.29 is 0 Å². The first-order valence-corrected chi connectivity index (χ1v) is 5.14. The zero-order chi connectivity index (χ0) is 10.6. The van der Waals surface area contributed by atoms with Crippen molar-refractivity contribution in [2.75, 3.05) is 11.9 Å². The maximum Gasteiger partial charge on any atom is 0.106 e. The summed E-state index contributed by atoms with van der Waals surface area (Å²) in [5.74, 6) is 0.606. The lowest BCUT2D eigenvalue weighted by molar-refractivity contribution is 0.689. The average Bonchev–Trinajstić information content (AvgIpc) is 2.15. The van der Waals surface area contributed by atoms with Gasteiger partial charge in [-0.1, -0.05) is 38.2 Å². The Balaban J connectivity index is 2.79. The molecule has 1 rings (SSSR count). The van der Waals surface area contributed by atoms with Crippen LogP contribution in [-0.2, 0) is 0 Å². The van der Waals surface area contributed by atoms with Crippen molar-refractivity contribution in [3.8, 4) is 0 Å². The van der Waals surface area contributed by atoms with Crippen molar-refractivity contribution in [2.24, 2.45) is 11.7 Å². The van der Waals surface area contributed by atoms with Crippen LogP contribution in [0.3, 0.4) is 0 Å². The lowest BCUT2D eigenvalue weighted by Crippen LogP contribution is -2.15. The first-order valence-electron chi connectivity index (χ1n) is 4.74. The third-order valence-corrected chi connectivity index (χ3v) is 2.11. The molecule has 14 heavy (non-hydrogen) atoms. The van der Waals surface area contributed by atoms with E-state index in [2.05, 4.69) is 19.2 Å². The Hall–Kier alpha value is -1.09. The second-order valence-corrected chi connectivity index (χ2v) is 4.12. The van der Waals surface area contributed by atoms with E-state index in [1.165, 1.54) is 0 Å². The number of anilines is 1. The minimum atomic E-state index is 0.442. The number of benzene rings is 1. The third kappa shape index (κ3) is 3.00. The highest BCUT2D eigenvalue weighted by Gasteiger charge is 2.03. The molecule has 0 aliphatic rings. The van der Waals surface area contributed by atoms with Crippen LogP contribution in [0.25, 0.3) is 0 Å². The largest absolute Gasteiger partial charge is 0.389 e.